The lowest BCUT2D eigenvalue weighted by atomic mass is 9.90. The monoisotopic (exact) mass is 720 g/mol. The number of amidine groups is 1. The normalized spacial score (nSPS) is 13.4. The molecule has 0 bridgehead atoms. The van der Waals surface area contributed by atoms with E-state index in [9.17, 15) is 4.79 Å². The number of nitrogens with two attached hydrogens (primary N) is 1. The van der Waals surface area contributed by atoms with Crippen molar-refractivity contribution in [1.82, 2.24) is 14.5 Å². The van der Waals surface area contributed by atoms with Gasteiger partial charge in [-0.3, -0.25) is 15.1 Å². The van der Waals surface area contributed by atoms with E-state index in [1.807, 2.05) is 29.2 Å². The van der Waals surface area contributed by atoms with Crippen molar-refractivity contribution in [3.8, 4) is 0 Å². The van der Waals surface area contributed by atoms with Crippen LogP contribution in [0.3, 0.4) is 0 Å². The molecule has 0 atom stereocenters. The Labute approximate surface area is 312 Å². The van der Waals surface area contributed by atoms with Crippen molar-refractivity contribution in [2.45, 2.75) is 38.6 Å². The maximum Gasteiger partial charge on any atom is 0.241 e. The Morgan fingerprint density at radius 3 is 2.29 bits per heavy atom. The van der Waals surface area contributed by atoms with Gasteiger partial charge >= 0.3 is 0 Å². The lowest BCUT2D eigenvalue weighted by molar-refractivity contribution is -0.120. The summed E-state index contributed by atoms with van der Waals surface area (Å²) in [4.78, 5) is 23.6. The van der Waals surface area contributed by atoms with Crippen molar-refractivity contribution in [2.75, 3.05) is 24.5 Å². The highest BCUT2D eigenvalue weighted by Gasteiger charge is 2.25. The van der Waals surface area contributed by atoms with Crippen LogP contribution >= 0.6 is 24.8 Å². The van der Waals surface area contributed by atoms with Crippen LogP contribution in [0.5, 0.6) is 0 Å². The molecule has 5 aromatic carbocycles. The third-order valence-electron chi connectivity index (χ3n) is 10.1. The zero-order chi connectivity index (χ0) is 33.7. The summed E-state index contributed by atoms with van der Waals surface area (Å²) in [5, 5.41) is 9.99. The minimum absolute atomic E-state index is 0. The second-order valence-electron chi connectivity index (χ2n) is 13.4. The number of benzene rings is 5. The number of rotatable bonds is 11. The number of piperidine rings is 1. The molecule has 0 radical (unpaired) electrons. The topological polar surface area (TPSA) is 91.2 Å². The highest BCUT2D eigenvalue weighted by molar-refractivity contribution is 5.98. The van der Waals surface area contributed by atoms with Crippen LogP contribution in [0.2, 0.25) is 0 Å². The first kappa shape index (κ1) is 37.6. The van der Waals surface area contributed by atoms with E-state index < -0.39 is 0 Å². The number of nitrogen functional groups attached to an aromatic ring is 1. The van der Waals surface area contributed by atoms with Crippen LogP contribution in [-0.2, 0) is 37.6 Å². The van der Waals surface area contributed by atoms with E-state index in [2.05, 4.69) is 108 Å². The molecule has 0 aliphatic carbocycles. The van der Waals surface area contributed by atoms with Gasteiger partial charge in [0.25, 0.3) is 0 Å². The number of carbonyl (C=O) groups excluding carboxylic acids is 1. The second-order valence-corrected chi connectivity index (χ2v) is 13.4. The zero-order valence-electron chi connectivity index (χ0n) is 29.0. The minimum Gasteiger partial charge on any atom is -0.384 e. The summed E-state index contributed by atoms with van der Waals surface area (Å²) < 4.78 is 2.15. The highest BCUT2D eigenvalue weighted by atomic mass is 35.5. The molecule has 1 fully saturated rings. The van der Waals surface area contributed by atoms with Gasteiger partial charge in [-0.15, -0.1) is 24.8 Å². The lowest BCUT2D eigenvalue weighted by Gasteiger charge is -2.33. The van der Waals surface area contributed by atoms with E-state index in [1.54, 1.807) is 0 Å². The molecule has 0 unspecified atom stereocenters. The minimum atomic E-state index is 0. The molecule has 1 aliphatic rings. The van der Waals surface area contributed by atoms with Gasteiger partial charge in [0.15, 0.2) is 0 Å². The molecule has 1 aromatic heterocycles. The molecule has 51 heavy (non-hydrogen) atoms. The maximum absolute atomic E-state index is 14.3. The third-order valence-corrected chi connectivity index (χ3v) is 10.1. The number of nitrogens with zero attached hydrogens (tertiary/aromatic N) is 4. The summed E-state index contributed by atoms with van der Waals surface area (Å²) >= 11 is 0. The third kappa shape index (κ3) is 8.79. The molecular weight excluding hydrogens is 675 g/mol. The summed E-state index contributed by atoms with van der Waals surface area (Å²) in [7, 11) is 2.06. The fourth-order valence-electron chi connectivity index (χ4n) is 7.23. The van der Waals surface area contributed by atoms with Crippen molar-refractivity contribution in [2.24, 2.45) is 18.7 Å². The number of likely N-dealkylation sites (tertiary alicyclic amines) is 1. The molecule has 1 aliphatic heterocycles. The Kier molecular flexibility index (Phi) is 12.5. The maximum atomic E-state index is 14.3. The Morgan fingerprint density at radius 2 is 1.55 bits per heavy atom. The number of aryl methyl sites for hydroxylation is 3. The Bertz CT molecular complexity index is 2080. The van der Waals surface area contributed by atoms with E-state index in [4.69, 9.17) is 16.1 Å². The average Bonchev–Trinajstić information content (AvgIpc) is 3.45. The number of nitrogens with one attached hydrogen (secondary N) is 1. The van der Waals surface area contributed by atoms with E-state index >= 15 is 0 Å². The van der Waals surface area contributed by atoms with Crippen LogP contribution in [0, 0.1) is 11.3 Å². The van der Waals surface area contributed by atoms with Crippen LogP contribution < -0.4 is 10.6 Å². The van der Waals surface area contributed by atoms with E-state index in [1.165, 1.54) is 21.9 Å². The van der Waals surface area contributed by atoms with Crippen LogP contribution in [0.25, 0.3) is 21.8 Å². The van der Waals surface area contributed by atoms with Gasteiger partial charge in [-0.05, 0) is 90.4 Å². The van der Waals surface area contributed by atoms with Gasteiger partial charge in [0.05, 0.1) is 24.1 Å². The number of amides is 1. The van der Waals surface area contributed by atoms with Crippen LogP contribution in [-0.4, -0.2) is 45.8 Å². The number of halogens is 2. The van der Waals surface area contributed by atoms with Crippen molar-refractivity contribution < 1.29 is 4.79 Å². The highest BCUT2D eigenvalue weighted by Crippen LogP contribution is 2.28. The largest absolute Gasteiger partial charge is 0.384 e. The molecular formula is C42H46Cl2N6O. The second kappa shape index (κ2) is 17.0. The van der Waals surface area contributed by atoms with Gasteiger partial charge in [-0.2, -0.15) is 0 Å². The van der Waals surface area contributed by atoms with Gasteiger partial charge in [-0.1, -0.05) is 97.1 Å². The van der Waals surface area contributed by atoms with Gasteiger partial charge < -0.3 is 15.2 Å². The lowest BCUT2D eigenvalue weighted by Crippen LogP contribution is -2.43. The summed E-state index contributed by atoms with van der Waals surface area (Å²) in [6.07, 6.45) is 4.92. The number of fused-ring (bicyclic) bond motifs is 2. The molecule has 7 rings (SSSR count). The number of aromatic nitrogens is 2. The molecule has 2 heterocycles. The molecule has 6 aromatic rings. The predicted molar refractivity (Wildman–Crippen MR) is 215 cm³/mol. The predicted octanol–water partition coefficient (Wildman–Crippen LogP) is 8.13. The van der Waals surface area contributed by atoms with Crippen molar-refractivity contribution in [1.29, 1.82) is 5.41 Å². The summed E-state index contributed by atoms with van der Waals surface area (Å²) in [6.45, 7) is 2.76. The summed E-state index contributed by atoms with van der Waals surface area (Å²) in [5.74, 6) is 1.84. The molecule has 7 nitrogen and oxygen atoms in total. The quantitative estimate of drug-likeness (QED) is 0.105. The fourth-order valence-corrected chi connectivity index (χ4v) is 7.23. The van der Waals surface area contributed by atoms with Crippen molar-refractivity contribution in [3.05, 3.63) is 143 Å². The SMILES string of the molecule is Cl.Cl.Cn1c(CCc2ccc(C(=N)N)cc2)nc2cc(N(Cc3cccc4ccccc34)C(=O)CN3CCC(Cc4ccccc4)CC3)ccc21. The first-order chi connectivity index (χ1) is 23.9. The number of imidazole rings is 1. The molecule has 0 spiro atoms. The smallest absolute Gasteiger partial charge is 0.241 e. The first-order valence-corrected chi connectivity index (χ1v) is 17.3. The van der Waals surface area contributed by atoms with Gasteiger partial charge in [0, 0.05) is 24.7 Å². The molecule has 9 heteroatoms. The van der Waals surface area contributed by atoms with Crippen molar-refractivity contribution >= 4 is 64.1 Å². The van der Waals surface area contributed by atoms with Crippen LogP contribution in [0.4, 0.5) is 5.69 Å². The Morgan fingerprint density at radius 1 is 0.843 bits per heavy atom. The zero-order valence-corrected chi connectivity index (χ0v) is 30.6. The van der Waals surface area contributed by atoms with E-state index in [0.29, 0.717) is 19.0 Å². The van der Waals surface area contributed by atoms with Crippen molar-refractivity contribution in [3.63, 3.8) is 0 Å². The summed E-state index contributed by atoms with van der Waals surface area (Å²) in [5.41, 5.74) is 12.9. The van der Waals surface area contributed by atoms with Gasteiger partial charge in [-0.25, -0.2) is 4.98 Å². The Balaban J connectivity index is 0.00000252. The van der Waals surface area contributed by atoms with Crippen LogP contribution in [0.1, 0.15) is 40.9 Å². The number of hydrogen-bond donors (Lipinski definition) is 2. The fraction of sp³-hybridized carbons (Fsp3) is 0.262. The van der Waals surface area contributed by atoms with Gasteiger partial charge in [0.1, 0.15) is 11.7 Å². The summed E-state index contributed by atoms with van der Waals surface area (Å²) in [6, 6.07) is 39.6. The molecule has 1 saturated heterocycles. The Hall–Kier alpha value is -4.69. The number of hydrogen-bond acceptors (Lipinski definition) is 4. The van der Waals surface area contributed by atoms with Gasteiger partial charge in [0.2, 0.25) is 5.91 Å². The molecule has 264 valence electrons. The first-order valence-electron chi connectivity index (χ1n) is 17.3. The molecule has 0 saturated carbocycles. The van der Waals surface area contributed by atoms with E-state index in [-0.39, 0.29) is 36.6 Å². The molecule has 1 amide bonds. The number of carbonyl (C=O) groups is 1. The van der Waals surface area contributed by atoms with Crippen LogP contribution in [0.15, 0.2) is 115 Å². The van der Waals surface area contributed by atoms with E-state index in [0.717, 1.165) is 78.9 Å². The standard InChI is InChI=1S/C42H44N6O.2ClH/c1-46-39-20-19-36(27-38(39)45-40(46)21-16-30-14-17-34(18-15-30)42(43)44)48(28-35-12-7-11-33-10-5-6-13-37(33)35)41(49)29-47-24-22-32(23-25-47)26-31-8-3-2-4-9-31;;/h2-15,17-20,27,32H,16,21-26,28-29H2,1H3,(H3,43,44);2*1H. The number of anilines is 1. The average molecular weight is 722 g/mol. The molecule has 3 N–H and O–H groups in total.